The van der Waals surface area contributed by atoms with Crippen molar-refractivity contribution in [2.75, 3.05) is 0 Å². The van der Waals surface area contributed by atoms with E-state index in [0.717, 1.165) is 11.3 Å². The van der Waals surface area contributed by atoms with Crippen LogP contribution in [0.5, 0.6) is 0 Å². The molecule has 0 radical (unpaired) electrons. The average molecular weight is 314 g/mol. The van der Waals surface area contributed by atoms with Gasteiger partial charge in [-0.15, -0.1) is 11.3 Å². The van der Waals surface area contributed by atoms with E-state index in [-0.39, 0.29) is 15.3 Å². The number of halogens is 2. The number of thiazole rings is 1. The van der Waals surface area contributed by atoms with Crippen molar-refractivity contribution >= 4 is 28.9 Å². The summed E-state index contributed by atoms with van der Waals surface area (Å²) >= 11 is 6.88. The zero-order valence-electron chi connectivity index (χ0n) is 11.2. The number of rotatable bonds is 2. The molecule has 2 rings (SSSR count). The van der Waals surface area contributed by atoms with Crippen LogP contribution in [-0.2, 0) is 5.41 Å². The molecular formula is C14H13ClFNO2S. The third-order valence-corrected chi connectivity index (χ3v) is 4.41. The van der Waals surface area contributed by atoms with Gasteiger partial charge < -0.3 is 5.11 Å². The Labute approximate surface area is 125 Å². The Hall–Kier alpha value is -1.46. The summed E-state index contributed by atoms with van der Waals surface area (Å²) in [6.07, 6.45) is 0. The maximum atomic E-state index is 13.2. The molecule has 3 nitrogen and oxygen atoms in total. The van der Waals surface area contributed by atoms with Gasteiger partial charge in [0.1, 0.15) is 10.7 Å². The summed E-state index contributed by atoms with van der Waals surface area (Å²) in [5.41, 5.74) is 0.576. The van der Waals surface area contributed by atoms with Gasteiger partial charge in [0.25, 0.3) is 0 Å². The van der Waals surface area contributed by atoms with E-state index in [2.05, 4.69) is 4.98 Å². The molecule has 20 heavy (non-hydrogen) atoms. The molecule has 0 saturated carbocycles. The van der Waals surface area contributed by atoms with Crippen LogP contribution in [0.15, 0.2) is 18.2 Å². The van der Waals surface area contributed by atoms with Crippen LogP contribution in [0.4, 0.5) is 4.39 Å². The minimum absolute atomic E-state index is 0.0517. The third kappa shape index (κ3) is 2.83. The summed E-state index contributed by atoms with van der Waals surface area (Å²) in [4.78, 5) is 15.9. The van der Waals surface area contributed by atoms with Gasteiger partial charge in [0.15, 0.2) is 0 Å². The quantitative estimate of drug-likeness (QED) is 0.881. The summed E-state index contributed by atoms with van der Waals surface area (Å²) in [5.74, 6) is -1.59. The Morgan fingerprint density at radius 1 is 1.40 bits per heavy atom. The Bertz CT molecular complexity index is 676. The van der Waals surface area contributed by atoms with Crippen LogP contribution in [0.1, 0.15) is 35.5 Å². The first-order valence-corrected chi connectivity index (χ1v) is 7.09. The molecule has 1 aromatic heterocycles. The Kier molecular flexibility index (Phi) is 3.84. The molecule has 0 amide bonds. The van der Waals surface area contributed by atoms with Crippen LogP contribution in [0, 0.1) is 5.82 Å². The molecule has 0 atom stereocenters. The van der Waals surface area contributed by atoms with Gasteiger partial charge in [0.05, 0.1) is 15.7 Å². The topological polar surface area (TPSA) is 50.2 Å². The average Bonchev–Trinajstić information content (AvgIpc) is 2.77. The van der Waals surface area contributed by atoms with Crippen LogP contribution in [0.2, 0.25) is 5.02 Å². The molecule has 1 heterocycles. The van der Waals surface area contributed by atoms with E-state index in [4.69, 9.17) is 11.6 Å². The third-order valence-electron chi connectivity index (χ3n) is 2.66. The molecule has 0 fully saturated rings. The van der Waals surface area contributed by atoms with Crippen molar-refractivity contribution in [3.8, 4) is 11.3 Å². The Morgan fingerprint density at radius 2 is 2.05 bits per heavy atom. The molecular weight excluding hydrogens is 301 g/mol. The van der Waals surface area contributed by atoms with E-state index >= 15 is 0 Å². The number of aromatic carboxylic acids is 1. The van der Waals surface area contributed by atoms with Crippen LogP contribution >= 0.6 is 22.9 Å². The normalized spacial score (nSPS) is 11.7. The van der Waals surface area contributed by atoms with Gasteiger partial charge in [-0.25, -0.2) is 14.2 Å². The fourth-order valence-electron chi connectivity index (χ4n) is 1.62. The van der Waals surface area contributed by atoms with Crippen LogP contribution < -0.4 is 0 Å². The van der Waals surface area contributed by atoms with Gasteiger partial charge in [-0.05, 0) is 18.2 Å². The summed E-state index contributed by atoms with van der Waals surface area (Å²) in [5, 5.41) is 9.95. The van der Waals surface area contributed by atoms with Gasteiger partial charge in [0, 0.05) is 11.0 Å². The molecule has 0 bridgehead atoms. The second kappa shape index (κ2) is 5.14. The number of nitrogens with zero attached hydrogens (tertiary/aromatic N) is 1. The van der Waals surface area contributed by atoms with E-state index < -0.39 is 11.8 Å². The van der Waals surface area contributed by atoms with Crippen molar-refractivity contribution in [3.05, 3.63) is 38.9 Å². The molecule has 0 aliphatic heterocycles. The highest BCUT2D eigenvalue weighted by Gasteiger charge is 2.25. The molecule has 1 aromatic carbocycles. The first kappa shape index (κ1) is 14.9. The molecule has 0 aliphatic carbocycles. The van der Waals surface area contributed by atoms with Crippen LogP contribution in [0.3, 0.4) is 0 Å². The number of carbonyl (C=O) groups is 1. The van der Waals surface area contributed by atoms with E-state index in [1.807, 2.05) is 20.8 Å². The zero-order valence-corrected chi connectivity index (χ0v) is 12.8. The molecule has 0 spiro atoms. The van der Waals surface area contributed by atoms with E-state index in [1.165, 1.54) is 18.2 Å². The number of aromatic nitrogens is 1. The van der Waals surface area contributed by atoms with Crippen molar-refractivity contribution in [2.45, 2.75) is 26.2 Å². The number of benzene rings is 1. The molecule has 6 heteroatoms. The highest BCUT2D eigenvalue weighted by Crippen LogP contribution is 2.35. The summed E-state index contributed by atoms with van der Waals surface area (Å²) in [7, 11) is 0. The summed E-state index contributed by atoms with van der Waals surface area (Å²) in [6, 6.07) is 4.08. The van der Waals surface area contributed by atoms with Gasteiger partial charge in [0.2, 0.25) is 0 Å². The monoisotopic (exact) mass is 313 g/mol. The number of carboxylic acid groups (broad SMARTS) is 1. The largest absolute Gasteiger partial charge is 0.477 e. The number of carboxylic acids is 1. The lowest BCUT2D eigenvalue weighted by Gasteiger charge is -2.13. The Balaban J connectivity index is 2.63. The highest BCUT2D eigenvalue weighted by molar-refractivity contribution is 7.14. The first-order valence-electron chi connectivity index (χ1n) is 5.90. The second-order valence-electron chi connectivity index (χ2n) is 5.38. The lowest BCUT2D eigenvalue weighted by atomic mass is 9.98. The Morgan fingerprint density at radius 3 is 2.55 bits per heavy atom. The second-order valence-corrected chi connectivity index (χ2v) is 6.79. The van der Waals surface area contributed by atoms with Gasteiger partial charge >= 0.3 is 5.97 Å². The van der Waals surface area contributed by atoms with E-state index in [9.17, 15) is 14.3 Å². The van der Waals surface area contributed by atoms with Crippen molar-refractivity contribution in [1.82, 2.24) is 4.98 Å². The SMILES string of the molecule is CC(C)(C)c1nc(-c2ccc(F)c(Cl)c2)c(C(=O)O)s1. The smallest absolute Gasteiger partial charge is 0.348 e. The minimum Gasteiger partial charge on any atom is -0.477 e. The van der Waals surface area contributed by atoms with E-state index in [0.29, 0.717) is 16.3 Å². The van der Waals surface area contributed by atoms with Crippen molar-refractivity contribution in [2.24, 2.45) is 0 Å². The predicted molar refractivity (Wildman–Crippen MR) is 78.2 cm³/mol. The predicted octanol–water partition coefficient (Wildman–Crippen LogP) is 4.60. The standard InChI is InChI=1S/C14H13ClFNO2S/c1-14(2,3)13-17-10(11(20-13)12(18)19)7-4-5-9(16)8(15)6-7/h4-6H,1-3H3,(H,18,19). The van der Waals surface area contributed by atoms with Crippen molar-refractivity contribution in [1.29, 1.82) is 0 Å². The molecule has 0 aliphatic rings. The molecule has 106 valence electrons. The minimum atomic E-state index is -1.05. The molecule has 0 saturated heterocycles. The van der Waals surface area contributed by atoms with E-state index in [1.54, 1.807) is 0 Å². The number of hydrogen-bond donors (Lipinski definition) is 1. The summed E-state index contributed by atoms with van der Waals surface area (Å²) in [6.45, 7) is 5.87. The fraction of sp³-hybridized carbons (Fsp3) is 0.286. The molecule has 1 N–H and O–H groups in total. The maximum absolute atomic E-state index is 13.2. The van der Waals surface area contributed by atoms with Crippen molar-refractivity contribution in [3.63, 3.8) is 0 Å². The fourth-order valence-corrected chi connectivity index (χ4v) is 2.79. The lowest BCUT2D eigenvalue weighted by molar-refractivity contribution is 0.0702. The molecule has 0 unspecified atom stereocenters. The maximum Gasteiger partial charge on any atom is 0.348 e. The van der Waals surface area contributed by atoms with Gasteiger partial charge in [-0.1, -0.05) is 32.4 Å². The lowest BCUT2D eigenvalue weighted by Crippen LogP contribution is -2.10. The molecule has 2 aromatic rings. The highest BCUT2D eigenvalue weighted by atomic mass is 35.5. The van der Waals surface area contributed by atoms with Gasteiger partial charge in [-0.2, -0.15) is 0 Å². The summed E-state index contributed by atoms with van der Waals surface area (Å²) < 4.78 is 13.2. The van der Waals surface area contributed by atoms with Crippen LogP contribution in [-0.4, -0.2) is 16.1 Å². The van der Waals surface area contributed by atoms with Gasteiger partial charge in [-0.3, -0.25) is 0 Å². The van der Waals surface area contributed by atoms with Crippen LogP contribution in [0.25, 0.3) is 11.3 Å². The first-order chi connectivity index (χ1) is 9.20. The van der Waals surface area contributed by atoms with Crippen molar-refractivity contribution < 1.29 is 14.3 Å². The number of hydrogen-bond acceptors (Lipinski definition) is 3. The zero-order chi connectivity index (χ0) is 15.1.